The summed E-state index contributed by atoms with van der Waals surface area (Å²) >= 11 is 0. The lowest BCUT2D eigenvalue weighted by Crippen LogP contribution is -2.26. The molecule has 0 amide bonds. The minimum atomic E-state index is 0.0343. The van der Waals surface area contributed by atoms with Crippen molar-refractivity contribution >= 4 is 0 Å². The molecular weight excluding hydrogens is 374 g/mol. The van der Waals surface area contributed by atoms with E-state index >= 15 is 0 Å². The summed E-state index contributed by atoms with van der Waals surface area (Å²) in [6, 6.07) is 6.25. The standard InChI is InChI=1S/C12H17NO.C11H16N2O.C2H6/c1-10-5-7-11(8-6-10)13-9-3-2-4-12(13)14;1-9-2-4-10(5-3-9)13-7-6-12-8-11(13)14;1-2/h2-4,9-11H,5-8H2,1H3;6-10H,2-5H2,1H3;1-2H3. The zero-order chi connectivity index (χ0) is 21.9. The Hall–Kier alpha value is -2.17. The summed E-state index contributed by atoms with van der Waals surface area (Å²) < 4.78 is 3.73. The maximum Gasteiger partial charge on any atom is 0.269 e. The molecule has 2 saturated carbocycles. The van der Waals surface area contributed by atoms with E-state index in [0.29, 0.717) is 12.1 Å². The second kappa shape index (κ2) is 12.5. The van der Waals surface area contributed by atoms with E-state index in [4.69, 9.17) is 0 Å². The quantitative estimate of drug-likeness (QED) is 0.642. The van der Waals surface area contributed by atoms with Gasteiger partial charge in [0.1, 0.15) is 0 Å². The minimum Gasteiger partial charge on any atom is -0.312 e. The fourth-order valence-corrected chi connectivity index (χ4v) is 4.44. The monoisotopic (exact) mass is 413 g/mol. The molecule has 0 N–H and O–H groups in total. The summed E-state index contributed by atoms with van der Waals surface area (Å²) in [5.41, 5.74) is 0.180. The SMILES string of the molecule is CC.CC1CCC(n2ccccc2=O)CC1.CC1CCC(n2ccncc2=O)CC1. The van der Waals surface area contributed by atoms with Crippen LogP contribution in [-0.4, -0.2) is 14.1 Å². The summed E-state index contributed by atoms with van der Waals surface area (Å²) in [4.78, 5) is 26.9. The molecule has 2 aliphatic carbocycles. The molecule has 0 atom stereocenters. The fraction of sp³-hybridized carbons (Fsp3) is 0.640. The van der Waals surface area contributed by atoms with Gasteiger partial charge in [-0.25, -0.2) is 0 Å². The summed E-state index contributed by atoms with van der Waals surface area (Å²) in [5.74, 6) is 1.66. The molecule has 0 aliphatic heterocycles. The number of hydrogen-bond acceptors (Lipinski definition) is 3. The Kier molecular flexibility index (Phi) is 10.0. The first-order valence-corrected chi connectivity index (χ1v) is 11.7. The van der Waals surface area contributed by atoms with E-state index in [0.717, 1.165) is 37.5 Å². The van der Waals surface area contributed by atoms with Crippen LogP contribution in [-0.2, 0) is 0 Å². The number of nitrogens with zero attached hydrogens (tertiary/aromatic N) is 3. The summed E-state index contributed by atoms with van der Waals surface area (Å²) in [7, 11) is 0. The smallest absolute Gasteiger partial charge is 0.269 e. The van der Waals surface area contributed by atoms with Crippen LogP contribution in [0.25, 0.3) is 0 Å². The lowest BCUT2D eigenvalue weighted by atomic mass is 9.87. The van der Waals surface area contributed by atoms with Gasteiger partial charge >= 0.3 is 0 Å². The van der Waals surface area contributed by atoms with E-state index < -0.39 is 0 Å². The van der Waals surface area contributed by atoms with Crippen LogP contribution in [0.15, 0.2) is 52.6 Å². The lowest BCUT2D eigenvalue weighted by molar-refractivity contribution is 0.284. The molecule has 2 fully saturated rings. The van der Waals surface area contributed by atoms with Gasteiger partial charge in [0, 0.05) is 36.7 Å². The van der Waals surface area contributed by atoms with Gasteiger partial charge in [-0.15, -0.1) is 0 Å². The molecule has 0 bridgehead atoms. The summed E-state index contributed by atoms with van der Waals surface area (Å²) in [5, 5.41) is 0. The molecule has 166 valence electrons. The van der Waals surface area contributed by atoms with E-state index in [1.165, 1.54) is 31.9 Å². The molecule has 5 heteroatoms. The molecule has 2 aromatic heterocycles. The molecule has 30 heavy (non-hydrogen) atoms. The van der Waals surface area contributed by atoms with Crippen LogP contribution in [0.2, 0.25) is 0 Å². The van der Waals surface area contributed by atoms with Gasteiger partial charge in [-0.2, -0.15) is 0 Å². The van der Waals surface area contributed by atoms with Crippen molar-refractivity contribution in [2.45, 2.75) is 91.1 Å². The van der Waals surface area contributed by atoms with E-state index in [9.17, 15) is 9.59 Å². The Morgan fingerprint density at radius 2 is 1.23 bits per heavy atom. The Balaban J connectivity index is 0.000000197. The van der Waals surface area contributed by atoms with Gasteiger partial charge in [-0.3, -0.25) is 14.6 Å². The summed E-state index contributed by atoms with van der Waals surface area (Å²) in [6.45, 7) is 8.58. The van der Waals surface area contributed by atoms with Crippen molar-refractivity contribution in [1.29, 1.82) is 0 Å². The first-order chi connectivity index (χ1) is 14.5. The Bertz CT molecular complexity index is 770. The lowest BCUT2D eigenvalue weighted by Gasteiger charge is -2.27. The maximum atomic E-state index is 11.6. The Labute approximate surface area is 181 Å². The largest absolute Gasteiger partial charge is 0.312 e. The van der Waals surface area contributed by atoms with Crippen LogP contribution >= 0.6 is 0 Å². The molecule has 0 aromatic carbocycles. The Morgan fingerprint density at radius 3 is 1.70 bits per heavy atom. The molecular formula is C25H39N3O2. The van der Waals surface area contributed by atoms with Crippen molar-refractivity contribution in [1.82, 2.24) is 14.1 Å². The van der Waals surface area contributed by atoms with Gasteiger partial charge in [0.25, 0.3) is 11.1 Å². The highest BCUT2D eigenvalue weighted by molar-refractivity contribution is 4.96. The first kappa shape index (κ1) is 24.1. The molecule has 5 nitrogen and oxygen atoms in total. The van der Waals surface area contributed by atoms with Crippen molar-refractivity contribution < 1.29 is 0 Å². The minimum absolute atomic E-state index is 0.0343. The van der Waals surface area contributed by atoms with Crippen molar-refractivity contribution in [3.63, 3.8) is 0 Å². The predicted octanol–water partition coefficient (Wildman–Crippen LogP) is 5.62. The maximum absolute atomic E-state index is 11.6. The second-order valence-corrected chi connectivity index (χ2v) is 8.60. The van der Waals surface area contributed by atoms with E-state index in [1.54, 1.807) is 12.3 Å². The second-order valence-electron chi connectivity index (χ2n) is 8.60. The zero-order valence-corrected chi connectivity index (χ0v) is 19.2. The number of rotatable bonds is 2. The number of hydrogen-bond donors (Lipinski definition) is 0. The van der Waals surface area contributed by atoms with Crippen LogP contribution in [0.3, 0.4) is 0 Å². The van der Waals surface area contributed by atoms with Crippen molar-refractivity contribution in [3.05, 3.63) is 63.7 Å². The molecule has 0 spiro atoms. The molecule has 0 radical (unpaired) electrons. The van der Waals surface area contributed by atoms with Crippen LogP contribution in [0.5, 0.6) is 0 Å². The van der Waals surface area contributed by atoms with Gasteiger partial charge in [-0.1, -0.05) is 33.8 Å². The van der Waals surface area contributed by atoms with Crippen LogP contribution < -0.4 is 11.1 Å². The van der Waals surface area contributed by atoms with Gasteiger partial charge in [-0.05, 0) is 69.3 Å². The van der Waals surface area contributed by atoms with E-state index in [1.807, 2.05) is 47.5 Å². The number of pyridine rings is 1. The average molecular weight is 414 g/mol. The normalized spacial score (nSPS) is 25.9. The third-order valence-electron chi connectivity index (χ3n) is 6.36. The highest BCUT2D eigenvalue weighted by Crippen LogP contribution is 2.31. The Morgan fingerprint density at radius 1 is 0.733 bits per heavy atom. The van der Waals surface area contributed by atoms with Gasteiger partial charge < -0.3 is 9.13 Å². The van der Waals surface area contributed by atoms with Crippen LogP contribution in [0.1, 0.15) is 91.1 Å². The molecule has 0 saturated heterocycles. The average Bonchev–Trinajstić information content (AvgIpc) is 2.78. The topological polar surface area (TPSA) is 56.9 Å². The number of aromatic nitrogens is 3. The predicted molar refractivity (Wildman–Crippen MR) is 124 cm³/mol. The van der Waals surface area contributed by atoms with Gasteiger partial charge in [0.2, 0.25) is 0 Å². The third kappa shape index (κ3) is 6.96. The van der Waals surface area contributed by atoms with E-state index in [2.05, 4.69) is 18.8 Å². The molecule has 2 aliphatic rings. The first-order valence-electron chi connectivity index (χ1n) is 11.7. The van der Waals surface area contributed by atoms with Crippen LogP contribution in [0, 0.1) is 11.8 Å². The van der Waals surface area contributed by atoms with Gasteiger partial charge in [0.05, 0.1) is 6.20 Å². The molecule has 4 rings (SSSR count). The van der Waals surface area contributed by atoms with E-state index in [-0.39, 0.29) is 11.1 Å². The zero-order valence-electron chi connectivity index (χ0n) is 19.2. The fourth-order valence-electron chi connectivity index (χ4n) is 4.44. The highest BCUT2D eigenvalue weighted by atomic mass is 16.1. The van der Waals surface area contributed by atoms with Crippen molar-refractivity contribution in [2.24, 2.45) is 11.8 Å². The van der Waals surface area contributed by atoms with Crippen molar-refractivity contribution in [3.8, 4) is 0 Å². The molecule has 2 aromatic rings. The molecule has 2 heterocycles. The summed E-state index contributed by atoms with van der Waals surface area (Å²) in [6.07, 6.45) is 16.4. The third-order valence-corrected chi connectivity index (χ3v) is 6.36. The van der Waals surface area contributed by atoms with Crippen molar-refractivity contribution in [2.75, 3.05) is 0 Å². The molecule has 0 unspecified atom stereocenters. The van der Waals surface area contributed by atoms with Crippen LogP contribution in [0.4, 0.5) is 0 Å². The van der Waals surface area contributed by atoms with Gasteiger partial charge in [0.15, 0.2) is 0 Å². The highest BCUT2D eigenvalue weighted by Gasteiger charge is 2.20.